The zero-order chi connectivity index (χ0) is 6.69. The maximum absolute atomic E-state index is 4.28. The average molecular weight is 141 g/mol. The summed E-state index contributed by atoms with van der Waals surface area (Å²) in [6, 6.07) is 0. The van der Waals surface area contributed by atoms with Crippen molar-refractivity contribution in [2.75, 3.05) is 6.26 Å². The third-order valence-corrected chi connectivity index (χ3v) is 2.46. The predicted molar refractivity (Wildman–Crippen MR) is 44.1 cm³/mol. The Balaban J connectivity index is 2.55. The SMILES string of the molecule is CSC1N=CC=CC1C. The largest absolute Gasteiger partial charge is 0.278 e. The number of allylic oxidation sites excluding steroid dienone is 1. The van der Waals surface area contributed by atoms with Crippen LogP contribution in [0.2, 0.25) is 0 Å². The Morgan fingerprint density at radius 1 is 1.56 bits per heavy atom. The van der Waals surface area contributed by atoms with Crippen molar-refractivity contribution in [3.63, 3.8) is 0 Å². The van der Waals surface area contributed by atoms with E-state index < -0.39 is 0 Å². The molecule has 0 aromatic rings. The van der Waals surface area contributed by atoms with Crippen molar-refractivity contribution < 1.29 is 0 Å². The molecule has 1 nitrogen and oxygen atoms in total. The van der Waals surface area contributed by atoms with Crippen molar-refractivity contribution >= 4 is 18.0 Å². The lowest BCUT2D eigenvalue weighted by Crippen LogP contribution is -2.11. The van der Waals surface area contributed by atoms with E-state index in [2.05, 4.69) is 24.2 Å². The summed E-state index contributed by atoms with van der Waals surface area (Å²) in [5.41, 5.74) is 0. The molecule has 0 aromatic carbocycles. The summed E-state index contributed by atoms with van der Waals surface area (Å²) >= 11 is 1.80. The summed E-state index contributed by atoms with van der Waals surface area (Å²) < 4.78 is 0. The molecule has 50 valence electrons. The van der Waals surface area contributed by atoms with Crippen LogP contribution in [0.3, 0.4) is 0 Å². The second kappa shape index (κ2) is 3.06. The van der Waals surface area contributed by atoms with Gasteiger partial charge in [-0.2, -0.15) is 0 Å². The summed E-state index contributed by atoms with van der Waals surface area (Å²) in [5, 5.41) is 0.454. The summed E-state index contributed by atoms with van der Waals surface area (Å²) in [5.74, 6) is 0.602. The van der Waals surface area contributed by atoms with Gasteiger partial charge in [0.05, 0.1) is 0 Å². The Morgan fingerprint density at radius 3 is 2.78 bits per heavy atom. The van der Waals surface area contributed by atoms with Gasteiger partial charge in [-0.3, -0.25) is 4.99 Å². The quantitative estimate of drug-likeness (QED) is 0.543. The van der Waals surface area contributed by atoms with Gasteiger partial charge in [-0.05, 0) is 12.3 Å². The molecule has 2 atom stereocenters. The lowest BCUT2D eigenvalue weighted by Gasteiger charge is -2.16. The van der Waals surface area contributed by atoms with E-state index in [4.69, 9.17) is 0 Å². The Morgan fingerprint density at radius 2 is 2.33 bits per heavy atom. The highest BCUT2D eigenvalue weighted by molar-refractivity contribution is 7.99. The van der Waals surface area contributed by atoms with Crippen molar-refractivity contribution in [1.82, 2.24) is 0 Å². The molecule has 1 heterocycles. The number of hydrogen-bond acceptors (Lipinski definition) is 2. The Labute approximate surface area is 60.3 Å². The molecule has 0 fully saturated rings. The molecule has 1 aliphatic heterocycles. The van der Waals surface area contributed by atoms with Gasteiger partial charge in [-0.15, -0.1) is 11.8 Å². The second-order valence-electron chi connectivity index (χ2n) is 2.17. The second-order valence-corrected chi connectivity index (χ2v) is 3.12. The van der Waals surface area contributed by atoms with Crippen LogP contribution in [-0.4, -0.2) is 17.8 Å². The van der Waals surface area contributed by atoms with Crippen LogP contribution in [0.15, 0.2) is 17.1 Å². The molecule has 0 aliphatic carbocycles. The van der Waals surface area contributed by atoms with E-state index in [0.717, 1.165) is 0 Å². The number of nitrogens with zero attached hydrogens (tertiary/aromatic N) is 1. The monoisotopic (exact) mass is 141 g/mol. The third-order valence-electron chi connectivity index (χ3n) is 1.43. The van der Waals surface area contributed by atoms with Gasteiger partial charge in [-0.25, -0.2) is 0 Å². The molecule has 0 saturated heterocycles. The Kier molecular flexibility index (Phi) is 2.34. The molecule has 9 heavy (non-hydrogen) atoms. The maximum Gasteiger partial charge on any atom is 0.101 e. The maximum atomic E-state index is 4.28. The van der Waals surface area contributed by atoms with Gasteiger partial charge >= 0.3 is 0 Å². The molecule has 0 N–H and O–H groups in total. The highest BCUT2D eigenvalue weighted by atomic mass is 32.2. The molecule has 0 spiro atoms. The number of dihydropyridines is 1. The summed E-state index contributed by atoms with van der Waals surface area (Å²) in [7, 11) is 0. The highest BCUT2D eigenvalue weighted by Gasteiger charge is 2.12. The minimum Gasteiger partial charge on any atom is -0.278 e. The van der Waals surface area contributed by atoms with E-state index in [-0.39, 0.29) is 0 Å². The Bertz CT molecular complexity index is 140. The van der Waals surface area contributed by atoms with Crippen LogP contribution < -0.4 is 0 Å². The summed E-state index contributed by atoms with van der Waals surface area (Å²) in [6.07, 6.45) is 8.17. The minimum atomic E-state index is 0.454. The van der Waals surface area contributed by atoms with Gasteiger partial charge in [0.1, 0.15) is 5.37 Å². The van der Waals surface area contributed by atoms with Gasteiger partial charge < -0.3 is 0 Å². The van der Waals surface area contributed by atoms with Gasteiger partial charge in [0.15, 0.2) is 0 Å². The topological polar surface area (TPSA) is 12.4 Å². The van der Waals surface area contributed by atoms with Crippen LogP contribution in [0.25, 0.3) is 0 Å². The third kappa shape index (κ3) is 1.58. The fraction of sp³-hybridized carbons (Fsp3) is 0.571. The number of thioether (sulfide) groups is 1. The van der Waals surface area contributed by atoms with Crippen molar-refractivity contribution in [2.45, 2.75) is 12.3 Å². The van der Waals surface area contributed by atoms with Crippen LogP contribution in [0.1, 0.15) is 6.92 Å². The molecule has 2 heteroatoms. The number of rotatable bonds is 1. The fourth-order valence-corrected chi connectivity index (χ4v) is 1.58. The lowest BCUT2D eigenvalue weighted by molar-refractivity contribution is 0.692. The highest BCUT2D eigenvalue weighted by Crippen LogP contribution is 2.20. The first-order valence-electron chi connectivity index (χ1n) is 3.07. The summed E-state index contributed by atoms with van der Waals surface area (Å²) in [6.45, 7) is 2.19. The smallest absolute Gasteiger partial charge is 0.101 e. The molecule has 0 radical (unpaired) electrons. The number of hydrogen-bond donors (Lipinski definition) is 0. The zero-order valence-corrected chi connectivity index (χ0v) is 6.56. The van der Waals surface area contributed by atoms with Crippen LogP contribution >= 0.6 is 11.8 Å². The van der Waals surface area contributed by atoms with E-state index in [1.807, 2.05) is 12.3 Å². The van der Waals surface area contributed by atoms with Crippen LogP contribution in [0.4, 0.5) is 0 Å². The average Bonchev–Trinajstić information content (AvgIpc) is 1.89. The van der Waals surface area contributed by atoms with E-state index in [1.165, 1.54) is 0 Å². The normalized spacial score (nSPS) is 33.1. The van der Waals surface area contributed by atoms with Gasteiger partial charge in [0, 0.05) is 12.1 Å². The number of aliphatic imine (C=N–C) groups is 1. The van der Waals surface area contributed by atoms with Gasteiger partial charge in [-0.1, -0.05) is 13.0 Å². The van der Waals surface area contributed by atoms with Crippen molar-refractivity contribution in [3.05, 3.63) is 12.2 Å². The molecule has 1 aliphatic rings. The van der Waals surface area contributed by atoms with E-state index in [9.17, 15) is 0 Å². The van der Waals surface area contributed by atoms with E-state index in [1.54, 1.807) is 11.8 Å². The Hall–Kier alpha value is -0.240. The van der Waals surface area contributed by atoms with Gasteiger partial charge in [0.2, 0.25) is 0 Å². The minimum absolute atomic E-state index is 0.454. The predicted octanol–water partition coefficient (Wildman–Crippen LogP) is 1.95. The molecular formula is C7H11NS. The molecule has 0 amide bonds. The fourth-order valence-electron chi connectivity index (χ4n) is 0.866. The molecule has 0 bridgehead atoms. The summed E-state index contributed by atoms with van der Waals surface area (Å²) in [4.78, 5) is 4.28. The van der Waals surface area contributed by atoms with E-state index in [0.29, 0.717) is 11.3 Å². The van der Waals surface area contributed by atoms with Crippen LogP contribution in [0, 0.1) is 5.92 Å². The molecule has 0 aromatic heterocycles. The van der Waals surface area contributed by atoms with Crippen molar-refractivity contribution in [2.24, 2.45) is 10.9 Å². The van der Waals surface area contributed by atoms with Crippen LogP contribution in [-0.2, 0) is 0 Å². The van der Waals surface area contributed by atoms with E-state index >= 15 is 0 Å². The van der Waals surface area contributed by atoms with Crippen LogP contribution in [0.5, 0.6) is 0 Å². The van der Waals surface area contributed by atoms with Crippen molar-refractivity contribution in [3.8, 4) is 0 Å². The molecule has 2 unspecified atom stereocenters. The van der Waals surface area contributed by atoms with Crippen molar-refractivity contribution in [1.29, 1.82) is 0 Å². The molecule has 0 saturated carbocycles. The standard InChI is InChI=1S/C7H11NS/c1-6-4-3-5-8-7(6)9-2/h3-7H,1-2H3. The first-order chi connectivity index (χ1) is 4.34. The molecular weight excluding hydrogens is 130 g/mol. The first-order valence-corrected chi connectivity index (χ1v) is 4.36. The molecule has 1 rings (SSSR count). The first kappa shape index (κ1) is 6.87. The lowest BCUT2D eigenvalue weighted by atomic mass is 10.1. The zero-order valence-electron chi connectivity index (χ0n) is 5.74. The van der Waals surface area contributed by atoms with Gasteiger partial charge in [0.25, 0.3) is 0 Å².